The molecule has 0 heterocycles. The van der Waals surface area contributed by atoms with E-state index >= 15 is 0 Å². The van der Waals surface area contributed by atoms with Gasteiger partial charge in [0.15, 0.2) is 0 Å². The lowest BCUT2D eigenvalue weighted by Gasteiger charge is -2.22. The van der Waals surface area contributed by atoms with E-state index in [2.05, 4.69) is 31.2 Å². The van der Waals surface area contributed by atoms with E-state index in [0.29, 0.717) is 5.92 Å². The molecule has 1 atom stereocenters. The van der Waals surface area contributed by atoms with Crippen LogP contribution in [0.1, 0.15) is 44.1 Å². The Morgan fingerprint density at radius 1 is 1.24 bits per heavy atom. The predicted octanol–water partition coefficient (Wildman–Crippen LogP) is 4.03. The number of thioether (sulfide) groups is 1. The van der Waals surface area contributed by atoms with Crippen LogP contribution in [0.3, 0.4) is 0 Å². The van der Waals surface area contributed by atoms with Gasteiger partial charge in [0.1, 0.15) is 0 Å². The minimum absolute atomic E-state index is 0.582. The van der Waals surface area contributed by atoms with Gasteiger partial charge in [-0.2, -0.15) is 0 Å². The SMILES string of the molecule is CCSc1ccc(C(CN)C2CCCC2)cc1. The van der Waals surface area contributed by atoms with Gasteiger partial charge in [0.2, 0.25) is 0 Å². The molecule has 1 aliphatic carbocycles. The third-order valence-electron chi connectivity index (χ3n) is 3.84. The molecule has 1 nitrogen and oxygen atoms in total. The van der Waals surface area contributed by atoms with E-state index in [1.807, 2.05) is 11.8 Å². The largest absolute Gasteiger partial charge is 0.330 e. The summed E-state index contributed by atoms with van der Waals surface area (Å²) in [7, 11) is 0. The van der Waals surface area contributed by atoms with Gasteiger partial charge in [-0.3, -0.25) is 0 Å². The van der Waals surface area contributed by atoms with E-state index < -0.39 is 0 Å². The molecule has 0 aliphatic heterocycles. The molecule has 1 aromatic carbocycles. The highest BCUT2D eigenvalue weighted by molar-refractivity contribution is 7.99. The third-order valence-corrected chi connectivity index (χ3v) is 4.74. The van der Waals surface area contributed by atoms with E-state index in [0.717, 1.165) is 18.2 Å². The van der Waals surface area contributed by atoms with E-state index in [9.17, 15) is 0 Å². The second kappa shape index (κ2) is 6.46. The molecule has 0 amide bonds. The van der Waals surface area contributed by atoms with Gasteiger partial charge in [0.05, 0.1) is 0 Å². The molecular formula is C15H23NS. The van der Waals surface area contributed by atoms with Crippen molar-refractivity contribution in [3.05, 3.63) is 29.8 Å². The smallest absolute Gasteiger partial charge is 0.00720 e. The van der Waals surface area contributed by atoms with Crippen LogP contribution in [-0.2, 0) is 0 Å². The molecule has 0 spiro atoms. The maximum Gasteiger partial charge on any atom is 0.00720 e. The maximum atomic E-state index is 5.98. The molecule has 1 unspecified atom stereocenters. The van der Waals surface area contributed by atoms with E-state index in [4.69, 9.17) is 5.73 Å². The lowest BCUT2D eigenvalue weighted by atomic mass is 9.85. The number of nitrogens with two attached hydrogens (primary N) is 1. The number of benzene rings is 1. The lowest BCUT2D eigenvalue weighted by Crippen LogP contribution is -2.19. The van der Waals surface area contributed by atoms with Crippen molar-refractivity contribution < 1.29 is 0 Å². The predicted molar refractivity (Wildman–Crippen MR) is 76.6 cm³/mol. The van der Waals surface area contributed by atoms with Gasteiger partial charge >= 0.3 is 0 Å². The molecule has 1 saturated carbocycles. The molecule has 1 fully saturated rings. The average Bonchev–Trinajstić information content (AvgIpc) is 2.86. The first-order chi connectivity index (χ1) is 8.35. The highest BCUT2D eigenvalue weighted by Crippen LogP contribution is 2.37. The number of hydrogen-bond acceptors (Lipinski definition) is 2. The first-order valence-electron chi connectivity index (χ1n) is 6.78. The van der Waals surface area contributed by atoms with Crippen molar-refractivity contribution in [2.24, 2.45) is 11.7 Å². The van der Waals surface area contributed by atoms with Gasteiger partial charge in [-0.05, 0) is 54.7 Å². The van der Waals surface area contributed by atoms with Crippen LogP contribution in [0, 0.1) is 5.92 Å². The van der Waals surface area contributed by atoms with Crippen molar-refractivity contribution >= 4 is 11.8 Å². The molecule has 1 aliphatic rings. The van der Waals surface area contributed by atoms with E-state index in [1.165, 1.54) is 36.1 Å². The minimum Gasteiger partial charge on any atom is -0.330 e. The topological polar surface area (TPSA) is 26.0 Å². The second-order valence-electron chi connectivity index (χ2n) is 4.89. The van der Waals surface area contributed by atoms with Crippen LogP contribution in [0.25, 0.3) is 0 Å². The normalized spacial score (nSPS) is 18.5. The summed E-state index contributed by atoms with van der Waals surface area (Å²) in [6.07, 6.45) is 5.52. The van der Waals surface area contributed by atoms with Crippen molar-refractivity contribution in [2.45, 2.75) is 43.4 Å². The van der Waals surface area contributed by atoms with Crippen molar-refractivity contribution in [1.29, 1.82) is 0 Å². The second-order valence-corrected chi connectivity index (χ2v) is 6.23. The summed E-state index contributed by atoms with van der Waals surface area (Å²) in [5.74, 6) is 2.55. The maximum absolute atomic E-state index is 5.98. The molecule has 0 radical (unpaired) electrons. The van der Waals surface area contributed by atoms with E-state index in [1.54, 1.807) is 0 Å². The fourth-order valence-electron chi connectivity index (χ4n) is 2.94. The molecule has 1 aromatic rings. The molecule has 17 heavy (non-hydrogen) atoms. The quantitative estimate of drug-likeness (QED) is 0.797. The standard InChI is InChI=1S/C15H23NS/c1-2-17-14-9-7-13(8-10-14)15(11-16)12-5-3-4-6-12/h7-10,12,15H,2-6,11,16H2,1H3. The van der Waals surface area contributed by atoms with Crippen LogP contribution in [0.5, 0.6) is 0 Å². The summed E-state index contributed by atoms with van der Waals surface area (Å²) in [4.78, 5) is 1.37. The van der Waals surface area contributed by atoms with Crippen molar-refractivity contribution in [2.75, 3.05) is 12.3 Å². The van der Waals surface area contributed by atoms with Gasteiger partial charge < -0.3 is 5.73 Å². The molecule has 94 valence electrons. The molecule has 0 saturated heterocycles. The van der Waals surface area contributed by atoms with Gasteiger partial charge in [0, 0.05) is 4.90 Å². The van der Waals surface area contributed by atoms with Gasteiger partial charge in [0.25, 0.3) is 0 Å². The Bertz CT molecular complexity index is 327. The molecule has 2 N–H and O–H groups in total. The van der Waals surface area contributed by atoms with Crippen LogP contribution in [0.4, 0.5) is 0 Å². The van der Waals surface area contributed by atoms with Crippen molar-refractivity contribution in [3.63, 3.8) is 0 Å². The van der Waals surface area contributed by atoms with E-state index in [-0.39, 0.29) is 0 Å². The van der Waals surface area contributed by atoms with Gasteiger partial charge in [-0.15, -0.1) is 11.8 Å². The zero-order valence-electron chi connectivity index (χ0n) is 10.7. The Labute approximate surface area is 109 Å². The first-order valence-corrected chi connectivity index (χ1v) is 7.76. The Hall–Kier alpha value is -0.470. The first kappa shape index (κ1) is 13.0. The monoisotopic (exact) mass is 249 g/mol. The Balaban J connectivity index is 2.07. The highest BCUT2D eigenvalue weighted by Gasteiger charge is 2.24. The lowest BCUT2D eigenvalue weighted by molar-refractivity contribution is 0.440. The van der Waals surface area contributed by atoms with Crippen molar-refractivity contribution in [3.8, 4) is 0 Å². The van der Waals surface area contributed by atoms with Crippen LogP contribution in [0.2, 0.25) is 0 Å². The summed E-state index contributed by atoms with van der Waals surface area (Å²) in [6, 6.07) is 9.07. The zero-order valence-corrected chi connectivity index (χ0v) is 11.5. The van der Waals surface area contributed by atoms with Crippen LogP contribution in [0.15, 0.2) is 29.2 Å². The summed E-state index contributed by atoms with van der Waals surface area (Å²) in [6.45, 7) is 2.99. The Morgan fingerprint density at radius 2 is 1.88 bits per heavy atom. The van der Waals surface area contributed by atoms with Crippen molar-refractivity contribution in [1.82, 2.24) is 0 Å². The fourth-order valence-corrected chi connectivity index (χ4v) is 3.60. The molecule has 0 aromatic heterocycles. The van der Waals surface area contributed by atoms with Crippen LogP contribution >= 0.6 is 11.8 Å². The Morgan fingerprint density at radius 3 is 2.41 bits per heavy atom. The summed E-state index contributed by atoms with van der Waals surface area (Å²) in [5, 5.41) is 0. The third kappa shape index (κ3) is 3.26. The van der Waals surface area contributed by atoms with Crippen LogP contribution < -0.4 is 5.73 Å². The van der Waals surface area contributed by atoms with Gasteiger partial charge in [-0.25, -0.2) is 0 Å². The fraction of sp³-hybridized carbons (Fsp3) is 0.600. The molecule has 0 bridgehead atoms. The average molecular weight is 249 g/mol. The summed E-state index contributed by atoms with van der Waals surface area (Å²) >= 11 is 1.90. The zero-order chi connectivity index (χ0) is 12.1. The Kier molecular flexibility index (Phi) is 4.93. The van der Waals surface area contributed by atoms with Gasteiger partial charge in [-0.1, -0.05) is 31.9 Å². The molecule has 2 heteroatoms. The summed E-state index contributed by atoms with van der Waals surface area (Å²) < 4.78 is 0. The summed E-state index contributed by atoms with van der Waals surface area (Å²) in [5.41, 5.74) is 7.42. The highest BCUT2D eigenvalue weighted by atomic mass is 32.2. The molecule has 2 rings (SSSR count). The van der Waals surface area contributed by atoms with Crippen LogP contribution in [-0.4, -0.2) is 12.3 Å². The number of rotatable bonds is 5. The minimum atomic E-state index is 0.582. The number of hydrogen-bond donors (Lipinski definition) is 1. The molecular weight excluding hydrogens is 226 g/mol.